The smallest absolute Gasteiger partial charge is 0.280 e. The van der Waals surface area contributed by atoms with E-state index in [1.807, 2.05) is 37.3 Å². The minimum atomic E-state index is -0.775. The zero-order valence-corrected chi connectivity index (χ0v) is 25.4. The normalized spacial score (nSPS) is 16.0. The van der Waals surface area contributed by atoms with E-state index in [-0.39, 0.29) is 16.7 Å². The first-order valence-corrected chi connectivity index (χ1v) is 15.3. The third-order valence-corrected chi connectivity index (χ3v) is 9.11. The number of thioether (sulfide) groups is 1. The van der Waals surface area contributed by atoms with E-state index in [1.54, 1.807) is 72.8 Å². The molecular formula is C34H22Cl2N4O3S. The predicted molar refractivity (Wildman–Crippen MR) is 178 cm³/mol. The minimum absolute atomic E-state index is 0.0697. The number of halogens is 2. The highest BCUT2D eigenvalue weighted by atomic mass is 35.5. The van der Waals surface area contributed by atoms with Crippen LogP contribution in [0.1, 0.15) is 22.1 Å². The first kappa shape index (κ1) is 28.2. The lowest BCUT2D eigenvalue weighted by atomic mass is 10.1. The zero-order valence-electron chi connectivity index (χ0n) is 23.1. The number of pyridine rings is 1. The molecule has 0 saturated carbocycles. The fraction of sp³-hybridized carbons (Fsp3) is 0.0588. The lowest BCUT2D eigenvalue weighted by Gasteiger charge is -2.28. The molecule has 44 heavy (non-hydrogen) atoms. The van der Waals surface area contributed by atoms with Gasteiger partial charge in [0.1, 0.15) is 16.3 Å². The Morgan fingerprint density at radius 3 is 2.45 bits per heavy atom. The Kier molecular flexibility index (Phi) is 7.13. The van der Waals surface area contributed by atoms with Crippen molar-refractivity contribution in [3.05, 3.63) is 139 Å². The van der Waals surface area contributed by atoms with Gasteiger partial charge in [-0.1, -0.05) is 70.9 Å². The minimum Gasteiger partial charge on any atom is -0.508 e. The van der Waals surface area contributed by atoms with Gasteiger partial charge in [-0.25, -0.2) is 15.0 Å². The number of hydrogen-bond acceptors (Lipinski definition) is 6. The second-order valence-corrected chi connectivity index (χ2v) is 12.3. The van der Waals surface area contributed by atoms with Gasteiger partial charge in [0.25, 0.3) is 11.5 Å². The molecule has 7 nitrogen and oxygen atoms in total. The van der Waals surface area contributed by atoms with Crippen LogP contribution in [0.2, 0.25) is 10.2 Å². The van der Waals surface area contributed by atoms with Gasteiger partial charge in [0.05, 0.1) is 21.3 Å². The average Bonchev–Trinajstić information content (AvgIpc) is 3.32. The summed E-state index contributed by atoms with van der Waals surface area (Å²) in [5.41, 5.74) is 3.62. The molecule has 1 N–H and O–H groups in total. The Bertz CT molecular complexity index is 2220. The van der Waals surface area contributed by atoms with Crippen molar-refractivity contribution in [3.63, 3.8) is 0 Å². The van der Waals surface area contributed by atoms with Gasteiger partial charge < -0.3 is 5.11 Å². The first-order chi connectivity index (χ1) is 21.3. The number of aromatic nitrogens is 3. The molecule has 3 heterocycles. The number of hydrogen-bond donors (Lipinski definition) is 1. The number of carbonyl (C=O) groups excluding carboxylic acids is 1. The van der Waals surface area contributed by atoms with Gasteiger partial charge in [0, 0.05) is 21.5 Å². The SMILES string of the molecule is Cc1ccc2nc(Cl)c(C3SC(=Cc4cccc(O)c4)C(=O)N3n3c(-c4ccc(Cl)cc4)nc4ccccc4c3=O)cc2c1. The summed E-state index contributed by atoms with van der Waals surface area (Å²) < 4.78 is 1.33. The van der Waals surface area contributed by atoms with Crippen LogP contribution in [-0.2, 0) is 4.79 Å². The number of amides is 1. The van der Waals surface area contributed by atoms with Crippen LogP contribution in [0, 0.1) is 6.92 Å². The molecule has 0 radical (unpaired) electrons. The summed E-state index contributed by atoms with van der Waals surface area (Å²) in [6.07, 6.45) is 1.69. The van der Waals surface area contributed by atoms with Crippen LogP contribution in [0.4, 0.5) is 0 Å². The quantitative estimate of drug-likeness (QED) is 0.156. The lowest BCUT2D eigenvalue weighted by molar-refractivity contribution is -0.115. The Morgan fingerprint density at radius 2 is 1.66 bits per heavy atom. The highest BCUT2D eigenvalue weighted by molar-refractivity contribution is 8.05. The largest absolute Gasteiger partial charge is 0.508 e. The van der Waals surface area contributed by atoms with E-state index in [4.69, 9.17) is 28.2 Å². The molecule has 2 aromatic heterocycles. The maximum Gasteiger partial charge on any atom is 0.280 e. The molecule has 1 atom stereocenters. The van der Waals surface area contributed by atoms with E-state index in [9.17, 15) is 14.7 Å². The summed E-state index contributed by atoms with van der Waals surface area (Å²) in [6.45, 7) is 1.99. The van der Waals surface area contributed by atoms with Crippen molar-refractivity contribution in [2.24, 2.45) is 0 Å². The number of nitrogens with zero attached hydrogens (tertiary/aromatic N) is 4. The Morgan fingerprint density at radius 1 is 0.864 bits per heavy atom. The van der Waals surface area contributed by atoms with Crippen molar-refractivity contribution in [1.29, 1.82) is 0 Å². The van der Waals surface area contributed by atoms with Crippen LogP contribution in [0.25, 0.3) is 39.3 Å². The van der Waals surface area contributed by atoms with Crippen molar-refractivity contribution in [2.75, 3.05) is 5.01 Å². The number of fused-ring (bicyclic) bond motifs is 2. The van der Waals surface area contributed by atoms with Gasteiger partial charge in [-0.2, -0.15) is 4.68 Å². The molecule has 1 amide bonds. The molecule has 7 rings (SSSR count). The summed E-state index contributed by atoms with van der Waals surface area (Å²) in [4.78, 5) is 38.6. The van der Waals surface area contributed by atoms with E-state index in [1.165, 1.54) is 21.4 Å². The van der Waals surface area contributed by atoms with Crippen molar-refractivity contribution < 1.29 is 9.90 Å². The first-order valence-electron chi connectivity index (χ1n) is 13.6. The molecule has 216 valence electrons. The maximum atomic E-state index is 14.4. The number of aryl methyl sites for hydroxylation is 1. The van der Waals surface area contributed by atoms with Crippen LogP contribution in [-0.4, -0.2) is 25.7 Å². The molecule has 1 aliphatic heterocycles. The summed E-state index contributed by atoms with van der Waals surface area (Å²) in [6, 6.07) is 28.3. The zero-order chi connectivity index (χ0) is 30.5. The third-order valence-electron chi connectivity index (χ3n) is 7.34. The van der Waals surface area contributed by atoms with Gasteiger partial charge in [0.2, 0.25) is 0 Å². The Hall–Kier alpha value is -4.63. The van der Waals surface area contributed by atoms with Crippen LogP contribution >= 0.6 is 35.0 Å². The van der Waals surface area contributed by atoms with Crippen LogP contribution < -0.4 is 10.6 Å². The van der Waals surface area contributed by atoms with Crippen molar-refractivity contribution in [1.82, 2.24) is 14.6 Å². The highest BCUT2D eigenvalue weighted by Crippen LogP contribution is 2.48. The summed E-state index contributed by atoms with van der Waals surface area (Å²) >= 11 is 14.3. The molecule has 4 aromatic carbocycles. The summed E-state index contributed by atoms with van der Waals surface area (Å²) in [7, 11) is 0. The van der Waals surface area contributed by atoms with Crippen LogP contribution in [0.15, 0.2) is 107 Å². The molecule has 6 aromatic rings. The molecule has 1 unspecified atom stereocenters. The Balaban J connectivity index is 1.51. The molecule has 1 fully saturated rings. The second-order valence-electron chi connectivity index (χ2n) is 10.4. The van der Waals surface area contributed by atoms with Gasteiger partial charge in [-0.3, -0.25) is 9.59 Å². The molecule has 1 aliphatic rings. The lowest BCUT2D eigenvalue weighted by Crippen LogP contribution is -2.46. The standard InChI is InChI=1S/C34H22Cl2N4O3S/c1-19-9-14-27-22(15-19)18-26(30(36)37-27)34-40(33(43)29(44-34)17-20-5-4-6-24(41)16-20)39-31(21-10-12-23(35)13-11-21)38-28-8-3-2-7-25(28)32(39)42/h2-18,34,41H,1H3. The summed E-state index contributed by atoms with van der Waals surface area (Å²) in [5, 5.41) is 12.6. The molecule has 1 saturated heterocycles. The maximum absolute atomic E-state index is 14.4. The number of phenolic OH excluding ortho intramolecular Hbond substituents is 1. The van der Waals surface area contributed by atoms with Crippen LogP contribution in [0.3, 0.4) is 0 Å². The van der Waals surface area contributed by atoms with E-state index >= 15 is 0 Å². The van der Waals surface area contributed by atoms with Gasteiger partial charge in [-0.15, -0.1) is 0 Å². The van der Waals surface area contributed by atoms with Crippen molar-refractivity contribution >= 4 is 68.8 Å². The fourth-order valence-corrected chi connectivity index (χ4v) is 6.94. The van der Waals surface area contributed by atoms with Gasteiger partial charge >= 0.3 is 0 Å². The van der Waals surface area contributed by atoms with E-state index in [2.05, 4.69) is 4.98 Å². The van der Waals surface area contributed by atoms with E-state index < -0.39 is 16.8 Å². The van der Waals surface area contributed by atoms with Crippen LogP contribution in [0.5, 0.6) is 5.75 Å². The number of aromatic hydroxyl groups is 1. The number of rotatable bonds is 4. The number of carbonyl (C=O) groups is 1. The molecule has 10 heteroatoms. The molecule has 0 bridgehead atoms. The monoisotopic (exact) mass is 636 g/mol. The number of phenols is 1. The predicted octanol–water partition coefficient (Wildman–Crippen LogP) is 7.88. The van der Waals surface area contributed by atoms with Crippen molar-refractivity contribution in [3.8, 4) is 17.1 Å². The van der Waals surface area contributed by atoms with E-state index in [0.29, 0.717) is 43.0 Å². The van der Waals surface area contributed by atoms with Crippen molar-refractivity contribution in [2.45, 2.75) is 12.3 Å². The molecule has 0 aliphatic carbocycles. The summed E-state index contributed by atoms with van der Waals surface area (Å²) in [5.74, 6) is -0.0953. The second kappa shape index (κ2) is 11.1. The van der Waals surface area contributed by atoms with E-state index in [0.717, 1.165) is 10.9 Å². The molecule has 0 spiro atoms. The number of benzene rings is 4. The highest BCUT2D eigenvalue weighted by Gasteiger charge is 2.42. The van der Waals surface area contributed by atoms with Gasteiger partial charge in [-0.05, 0) is 85.3 Å². The molecular weight excluding hydrogens is 615 g/mol. The number of para-hydroxylation sites is 1. The Labute approximate surface area is 266 Å². The topological polar surface area (TPSA) is 88.3 Å². The van der Waals surface area contributed by atoms with Gasteiger partial charge in [0.15, 0.2) is 5.82 Å². The third kappa shape index (κ3) is 5.01. The average molecular weight is 638 g/mol. The fourth-order valence-electron chi connectivity index (χ4n) is 5.26.